The van der Waals surface area contributed by atoms with Gasteiger partial charge in [-0.05, 0) is 26.7 Å². The van der Waals surface area contributed by atoms with Crippen LogP contribution in [0.25, 0.3) is 16.9 Å². The van der Waals surface area contributed by atoms with Gasteiger partial charge in [0, 0.05) is 31.5 Å². The fourth-order valence-corrected chi connectivity index (χ4v) is 3.41. The monoisotopic (exact) mass is 345 g/mol. The normalized spacial score (nSPS) is 11.9. The van der Waals surface area contributed by atoms with Crippen LogP contribution in [0.1, 0.15) is 50.9 Å². The minimum absolute atomic E-state index is 0.241. The highest BCUT2D eigenvalue weighted by Gasteiger charge is 2.22. The topological polar surface area (TPSA) is 66.2 Å². The lowest BCUT2D eigenvalue weighted by Crippen LogP contribution is -2.39. The molecule has 25 heavy (non-hydrogen) atoms. The molecule has 0 unspecified atom stereocenters. The molecule has 0 radical (unpaired) electrons. The number of fused-ring (bicyclic) bond motifs is 3. The molecule has 0 amide bonds. The van der Waals surface area contributed by atoms with Gasteiger partial charge in [0.05, 0.1) is 0 Å². The Balaban J connectivity index is 2.40. The number of aromatic nitrogens is 5. The SMILES string of the molecule is CCCCn1c(=O)c2c(nc3n(CCCC)c(C)c(C)n23)n(C)c1=O. The summed E-state index contributed by atoms with van der Waals surface area (Å²) in [6.07, 6.45) is 3.87. The van der Waals surface area contributed by atoms with Gasteiger partial charge in [-0.2, -0.15) is 4.98 Å². The summed E-state index contributed by atoms with van der Waals surface area (Å²) >= 11 is 0. The number of rotatable bonds is 6. The first-order valence-corrected chi connectivity index (χ1v) is 9.11. The smallest absolute Gasteiger partial charge is 0.314 e. The van der Waals surface area contributed by atoms with Gasteiger partial charge >= 0.3 is 5.69 Å². The van der Waals surface area contributed by atoms with Gasteiger partial charge in [-0.1, -0.05) is 26.7 Å². The molecule has 7 heteroatoms. The molecule has 3 aromatic rings. The van der Waals surface area contributed by atoms with Gasteiger partial charge < -0.3 is 4.57 Å². The summed E-state index contributed by atoms with van der Waals surface area (Å²) in [7, 11) is 1.69. The van der Waals surface area contributed by atoms with Gasteiger partial charge in [-0.3, -0.25) is 18.3 Å². The molecule has 0 aliphatic heterocycles. The Morgan fingerprint density at radius 2 is 1.52 bits per heavy atom. The average Bonchev–Trinajstić information content (AvgIpc) is 3.09. The molecular formula is C18H27N5O2. The van der Waals surface area contributed by atoms with Gasteiger partial charge in [0.15, 0.2) is 11.2 Å². The molecule has 0 bridgehead atoms. The summed E-state index contributed by atoms with van der Waals surface area (Å²) in [5.74, 6) is 0.749. The molecular weight excluding hydrogens is 318 g/mol. The molecule has 0 saturated heterocycles. The van der Waals surface area contributed by atoms with Gasteiger partial charge in [0.2, 0.25) is 5.78 Å². The number of unbranched alkanes of at least 4 members (excludes halogenated alkanes) is 2. The summed E-state index contributed by atoms with van der Waals surface area (Å²) in [6, 6.07) is 0. The van der Waals surface area contributed by atoms with Crippen molar-refractivity contribution in [3.05, 3.63) is 32.2 Å². The molecule has 0 saturated carbocycles. The molecule has 136 valence electrons. The van der Waals surface area contributed by atoms with Crippen LogP contribution >= 0.6 is 0 Å². The van der Waals surface area contributed by atoms with E-state index in [0.29, 0.717) is 17.7 Å². The Morgan fingerprint density at radius 1 is 0.920 bits per heavy atom. The van der Waals surface area contributed by atoms with Crippen LogP contribution in [0, 0.1) is 13.8 Å². The lowest BCUT2D eigenvalue weighted by Gasteiger charge is -2.08. The zero-order chi connectivity index (χ0) is 18.3. The fourth-order valence-electron chi connectivity index (χ4n) is 3.41. The van der Waals surface area contributed by atoms with E-state index in [1.807, 2.05) is 18.2 Å². The van der Waals surface area contributed by atoms with E-state index in [4.69, 9.17) is 0 Å². The molecule has 7 nitrogen and oxygen atoms in total. The maximum Gasteiger partial charge on any atom is 0.332 e. The molecule has 0 fully saturated rings. The van der Waals surface area contributed by atoms with Gasteiger partial charge in [-0.15, -0.1) is 0 Å². The Morgan fingerprint density at radius 3 is 2.12 bits per heavy atom. The molecule has 0 atom stereocenters. The predicted molar refractivity (Wildman–Crippen MR) is 99.5 cm³/mol. The van der Waals surface area contributed by atoms with E-state index in [9.17, 15) is 9.59 Å². The van der Waals surface area contributed by atoms with Crippen molar-refractivity contribution >= 4 is 16.9 Å². The summed E-state index contributed by atoms with van der Waals surface area (Å²) in [6.45, 7) is 9.57. The molecule has 3 heterocycles. The lowest BCUT2D eigenvalue weighted by atomic mass is 10.3. The Bertz CT molecular complexity index is 1050. The number of aryl methyl sites for hydroxylation is 3. The van der Waals surface area contributed by atoms with Crippen molar-refractivity contribution in [3.8, 4) is 0 Å². The third-order valence-corrected chi connectivity index (χ3v) is 5.10. The zero-order valence-corrected chi connectivity index (χ0v) is 15.8. The van der Waals surface area contributed by atoms with Crippen molar-refractivity contribution in [2.75, 3.05) is 0 Å². The summed E-state index contributed by atoms with van der Waals surface area (Å²) in [4.78, 5) is 30.3. The minimum Gasteiger partial charge on any atom is -0.314 e. The van der Waals surface area contributed by atoms with E-state index in [2.05, 4.69) is 23.4 Å². The lowest BCUT2D eigenvalue weighted by molar-refractivity contribution is 0.566. The molecule has 0 aromatic carbocycles. The van der Waals surface area contributed by atoms with Crippen molar-refractivity contribution in [2.24, 2.45) is 7.05 Å². The fraction of sp³-hybridized carbons (Fsp3) is 0.611. The second-order valence-electron chi connectivity index (χ2n) is 6.75. The van der Waals surface area contributed by atoms with Crippen molar-refractivity contribution in [1.29, 1.82) is 0 Å². The number of hydrogen-bond donors (Lipinski definition) is 0. The summed E-state index contributed by atoms with van der Waals surface area (Å²) in [5, 5.41) is 0. The van der Waals surface area contributed by atoms with E-state index in [-0.39, 0.29) is 11.2 Å². The summed E-state index contributed by atoms with van der Waals surface area (Å²) < 4.78 is 6.92. The summed E-state index contributed by atoms with van der Waals surface area (Å²) in [5.41, 5.74) is 2.56. The van der Waals surface area contributed by atoms with Crippen molar-refractivity contribution < 1.29 is 0 Å². The van der Waals surface area contributed by atoms with Crippen LogP contribution in [0.3, 0.4) is 0 Å². The number of nitrogens with zero attached hydrogens (tertiary/aromatic N) is 5. The van der Waals surface area contributed by atoms with E-state index < -0.39 is 0 Å². The van der Waals surface area contributed by atoms with Crippen LogP contribution in [0.5, 0.6) is 0 Å². The average molecular weight is 345 g/mol. The minimum atomic E-state index is -0.291. The number of imidazole rings is 2. The third-order valence-electron chi connectivity index (χ3n) is 5.10. The molecule has 0 aliphatic rings. The van der Waals surface area contributed by atoms with Crippen LogP contribution in [-0.2, 0) is 20.1 Å². The van der Waals surface area contributed by atoms with Gasteiger partial charge in [0.25, 0.3) is 5.56 Å². The van der Waals surface area contributed by atoms with Crippen LogP contribution < -0.4 is 11.2 Å². The molecule has 0 spiro atoms. The zero-order valence-electron chi connectivity index (χ0n) is 15.8. The van der Waals surface area contributed by atoms with Crippen molar-refractivity contribution in [2.45, 2.75) is 66.5 Å². The third kappa shape index (κ3) is 2.53. The highest BCUT2D eigenvalue weighted by molar-refractivity contribution is 5.76. The second-order valence-corrected chi connectivity index (χ2v) is 6.75. The Labute approximate surface area is 146 Å². The van der Waals surface area contributed by atoms with E-state index in [1.165, 1.54) is 9.13 Å². The maximum atomic E-state index is 13.0. The van der Waals surface area contributed by atoms with Crippen LogP contribution in [0.2, 0.25) is 0 Å². The first kappa shape index (κ1) is 17.5. The Kier molecular flexibility index (Phi) is 4.58. The second kappa shape index (κ2) is 6.54. The van der Waals surface area contributed by atoms with Crippen LogP contribution in [0.4, 0.5) is 0 Å². The quantitative estimate of drug-likeness (QED) is 0.689. The highest BCUT2D eigenvalue weighted by Crippen LogP contribution is 2.21. The number of hydrogen-bond acceptors (Lipinski definition) is 3. The van der Waals surface area contributed by atoms with Gasteiger partial charge in [-0.25, -0.2) is 4.79 Å². The van der Waals surface area contributed by atoms with Crippen molar-refractivity contribution in [1.82, 2.24) is 23.1 Å². The van der Waals surface area contributed by atoms with E-state index in [0.717, 1.165) is 49.4 Å². The first-order valence-electron chi connectivity index (χ1n) is 9.11. The van der Waals surface area contributed by atoms with Crippen LogP contribution in [0.15, 0.2) is 9.59 Å². The molecule has 0 N–H and O–H groups in total. The van der Waals surface area contributed by atoms with E-state index >= 15 is 0 Å². The molecule has 3 rings (SSSR count). The Hall–Kier alpha value is -2.31. The maximum absolute atomic E-state index is 13.0. The van der Waals surface area contributed by atoms with Gasteiger partial charge in [0.1, 0.15) is 0 Å². The van der Waals surface area contributed by atoms with Crippen molar-refractivity contribution in [3.63, 3.8) is 0 Å². The molecule has 0 aliphatic carbocycles. The molecule has 3 aromatic heterocycles. The highest BCUT2D eigenvalue weighted by atomic mass is 16.2. The van der Waals surface area contributed by atoms with E-state index in [1.54, 1.807) is 7.05 Å². The standard InChI is InChI=1S/C18H27N5O2/c1-6-8-10-21-12(3)13(4)23-14-15(19-17(21)23)20(5)18(25)22(16(14)24)11-9-7-2/h6-11H2,1-5H3. The van der Waals surface area contributed by atoms with Crippen LogP contribution in [-0.4, -0.2) is 23.1 Å². The largest absolute Gasteiger partial charge is 0.332 e. The predicted octanol–water partition coefficient (Wildman–Crippen LogP) is 2.37. The first-order chi connectivity index (χ1) is 11.9.